The van der Waals surface area contributed by atoms with E-state index < -0.39 is 0 Å². The van der Waals surface area contributed by atoms with Crippen LogP contribution in [0.25, 0.3) is 0 Å². The highest BCUT2D eigenvalue weighted by Gasteiger charge is 2.06. The zero-order valence-corrected chi connectivity index (χ0v) is 16.7. The van der Waals surface area contributed by atoms with Crippen molar-refractivity contribution in [3.8, 4) is 0 Å². The third-order valence-corrected chi connectivity index (χ3v) is 4.51. The molecular weight excluding hydrogens is 350 g/mol. The zero-order chi connectivity index (χ0) is 19.9. The average molecular weight is 377 g/mol. The number of hydrogen-bond donors (Lipinski definition) is 2. The van der Waals surface area contributed by atoms with Gasteiger partial charge in [0.05, 0.1) is 12.2 Å². The summed E-state index contributed by atoms with van der Waals surface area (Å²) in [5.74, 6) is 0.807. The highest BCUT2D eigenvalue weighted by atomic mass is 16.1. The molecule has 2 heterocycles. The summed E-state index contributed by atoms with van der Waals surface area (Å²) in [6.07, 6.45) is 2.67. The molecule has 28 heavy (non-hydrogen) atoms. The van der Waals surface area contributed by atoms with Crippen molar-refractivity contribution >= 4 is 11.7 Å². The summed E-state index contributed by atoms with van der Waals surface area (Å²) < 4.78 is 1.97. The summed E-state index contributed by atoms with van der Waals surface area (Å²) in [6.45, 7) is 8.14. The molecule has 3 aromatic rings. The third-order valence-electron chi connectivity index (χ3n) is 4.51. The lowest BCUT2D eigenvalue weighted by Gasteiger charge is -2.08. The molecule has 1 aromatic carbocycles. The van der Waals surface area contributed by atoms with E-state index in [0.717, 1.165) is 41.3 Å². The monoisotopic (exact) mass is 377 g/mol. The fraction of sp³-hybridized carbons (Fsp3) is 0.318. The van der Waals surface area contributed by atoms with Crippen LogP contribution in [0.1, 0.15) is 39.3 Å². The first kappa shape index (κ1) is 19.6. The Morgan fingerprint density at radius 1 is 1.04 bits per heavy atom. The van der Waals surface area contributed by atoms with E-state index in [2.05, 4.69) is 26.8 Å². The molecule has 2 N–H and O–H groups in total. The normalized spacial score (nSPS) is 10.7. The summed E-state index contributed by atoms with van der Waals surface area (Å²) >= 11 is 0. The maximum absolute atomic E-state index is 12.3. The summed E-state index contributed by atoms with van der Waals surface area (Å²) in [6, 6.07) is 13.7. The van der Waals surface area contributed by atoms with Crippen LogP contribution in [0.4, 0.5) is 5.82 Å². The van der Waals surface area contributed by atoms with E-state index in [4.69, 9.17) is 0 Å². The second-order valence-corrected chi connectivity index (χ2v) is 7.04. The number of aromatic nitrogens is 3. The number of carbonyl (C=O) groups excluding carboxylic acids is 1. The first-order valence-corrected chi connectivity index (χ1v) is 9.56. The molecule has 1 amide bonds. The van der Waals surface area contributed by atoms with Gasteiger partial charge < -0.3 is 10.6 Å². The van der Waals surface area contributed by atoms with Crippen LogP contribution in [0.3, 0.4) is 0 Å². The minimum atomic E-state index is -0.0499. The standard InChI is InChI=1S/C22H27N5O/c1-16-5-10-21(25-14-16)23-11-4-12-24-22(28)20-8-6-19(7-9-20)15-27-18(3)13-17(2)26-27/h5-10,13-14H,4,11-12,15H2,1-3H3,(H,23,25)(H,24,28). The number of benzene rings is 1. The number of pyridine rings is 1. The van der Waals surface area contributed by atoms with Crippen molar-refractivity contribution in [1.82, 2.24) is 20.1 Å². The van der Waals surface area contributed by atoms with Gasteiger partial charge in [-0.05, 0) is 62.6 Å². The van der Waals surface area contributed by atoms with E-state index in [1.807, 2.05) is 68.0 Å². The maximum Gasteiger partial charge on any atom is 0.251 e. The first-order chi connectivity index (χ1) is 13.5. The molecule has 0 radical (unpaired) electrons. The van der Waals surface area contributed by atoms with E-state index in [0.29, 0.717) is 18.7 Å². The van der Waals surface area contributed by atoms with Gasteiger partial charge in [0.1, 0.15) is 5.82 Å². The highest BCUT2D eigenvalue weighted by molar-refractivity contribution is 5.94. The van der Waals surface area contributed by atoms with Crippen molar-refractivity contribution in [2.45, 2.75) is 33.7 Å². The van der Waals surface area contributed by atoms with Gasteiger partial charge in [-0.2, -0.15) is 5.10 Å². The van der Waals surface area contributed by atoms with Gasteiger partial charge >= 0.3 is 0 Å². The summed E-state index contributed by atoms with van der Waals surface area (Å²) in [5, 5.41) is 10.7. The van der Waals surface area contributed by atoms with Crippen molar-refractivity contribution in [1.29, 1.82) is 0 Å². The number of amides is 1. The number of rotatable bonds is 8. The molecule has 0 saturated heterocycles. The van der Waals surface area contributed by atoms with Gasteiger partial charge in [0.25, 0.3) is 5.91 Å². The Kier molecular flexibility index (Phi) is 6.42. The Bertz CT molecular complexity index is 913. The van der Waals surface area contributed by atoms with Gasteiger partial charge in [-0.1, -0.05) is 18.2 Å². The molecule has 0 aliphatic carbocycles. The molecule has 0 atom stereocenters. The van der Waals surface area contributed by atoms with Crippen molar-refractivity contribution in [3.63, 3.8) is 0 Å². The van der Waals surface area contributed by atoms with Crippen molar-refractivity contribution in [3.05, 3.63) is 76.7 Å². The average Bonchev–Trinajstić information content (AvgIpc) is 3.00. The van der Waals surface area contributed by atoms with Crippen LogP contribution in [-0.4, -0.2) is 33.8 Å². The molecule has 0 saturated carbocycles. The molecule has 146 valence electrons. The molecule has 3 rings (SSSR count). The first-order valence-electron chi connectivity index (χ1n) is 9.56. The van der Waals surface area contributed by atoms with Crippen molar-refractivity contribution in [2.24, 2.45) is 0 Å². The number of nitrogens with zero attached hydrogens (tertiary/aromatic N) is 3. The summed E-state index contributed by atoms with van der Waals surface area (Å²) in [4.78, 5) is 16.6. The molecule has 0 spiro atoms. The number of nitrogens with one attached hydrogen (secondary N) is 2. The Morgan fingerprint density at radius 3 is 2.46 bits per heavy atom. The molecule has 0 aliphatic heterocycles. The van der Waals surface area contributed by atoms with E-state index in [-0.39, 0.29) is 5.91 Å². The second-order valence-electron chi connectivity index (χ2n) is 7.04. The molecule has 0 unspecified atom stereocenters. The number of hydrogen-bond acceptors (Lipinski definition) is 4. The summed E-state index contributed by atoms with van der Waals surface area (Å²) in [7, 11) is 0. The van der Waals surface area contributed by atoms with E-state index >= 15 is 0 Å². The van der Waals surface area contributed by atoms with Crippen molar-refractivity contribution < 1.29 is 4.79 Å². The predicted molar refractivity (Wildman–Crippen MR) is 112 cm³/mol. The van der Waals surface area contributed by atoms with Crippen LogP contribution in [0.5, 0.6) is 0 Å². The van der Waals surface area contributed by atoms with E-state index in [9.17, 15) is 4.79 Å². The summed E-state index contributed by atoms with van der Waals surface area (Å²) in [5.41, 5.74) is 5.08. The van der Waals surface area contributed by atoms with Crippen LogP contribution in [0, 0.1) is 20.8 Å². The van der Waals surface area contributed by atoms with Crippen LogP contribution < -0.4 is 10.6 Å². The van der Waals surface area contributed by atoms with Gasteiger partial charge in [0.15, 0.2) is 0 Å². The SMILES string of the molecule is Cc1ccc(NCCCNC(=O)c2ccc(Cn3nc(C)cc3C)cc2)nc1. The van der Waals surface area contributed by atoms with E-state index in [1.165, 1.54) is 0 Å². The third kappa shape index (κ3) is 5.42. The molecule has 2 aromatic heterocycles. The predicted octanol–water partition coefficient (Wildman–Crippen LogP) is 3.48. The fourth-order valence-corrected chi connectivity index (χ4v) is 2.95. The number of anilines is 1. The van der Waals surface area contributed by atoms with Gasteiger partial charge in [0.2, 0.25) is 0 Å². The Hall–Kier alpha value is -3.15. The molecular formula is C22H27N5O. The van der Waals surface area contributed by atoms with Gasteiger partial charge in [-0.3, -0.25) is 9.48 Å². The minimum Gasteiger partial charge on any atom is -0.370 e. The van der Waals surface area contributed by atoms with E-state index in [1.54, 1.807) is 0 Å². The fourth-order valence-electron chi connectivity index (χ4n) is 2.95. The quantitative estimate of drug-likeness (QED) is 0.590. The lowest BCUT2D eigenvalue weighted by atomic mass is 10.1. The Labute approximate surface area is 166 Å². The van der Waals surface area contributed by atoms with Gasteiger partial charge in [0, 0.05) is 30.5 Å². The minimum absolute atomic E-state index is 0.0499. The molecule has 6 heteroatoms. The van der Waals surface area contributed by atoms with Crippen LogP contribution in [-0.2, 0) is 6.54 Å². The Morgan fingerprint density at radius 2 is 1.82 bits per heavy atom. The lowest BCUT2D eigenvalue weighted by molar-refractivity contribution is 0.0953. The molecule has 6 nitrogen and oxygen atoms in total. The topological polar surface area (TPSA) is 71.8 Å². The largest absolute Gasteiger partial charge is 0.370 e. The second kappa shape index (κ2) is 9.17. The smallest absolute Gasteiger partial charge is 0.251 e. The number of carbonyl (C=O) groups is 1. The Balaban J connectivity index is 1.41. The van der Waals surface area contributed by atoms with Gasteiger partial charge in [-0.25, -0.2) is 4.98 Å². The van der Waals surface area contributed by atoms with Crippen LogP contribution in [0.15, 0.2) is 48.7 Å². The molecule has 0 aliphatic rings. The molecule has 0 fully saturated rings. The van der Waals surface area contributed by atoms with Crippen LogP contribution >= 0.6 is 0 Å². The van der Waals surface area contributed by atoms with Gasteiger partial charge in [-0.15, -0.1) is 0 Å². The zero-order valence-electron chi connectivity index (χ0n) is 16.7. The van der Waals surface area contributed by atoms with Crippen molar-refractivity contribution in [2.75, 3.05) is 18.4 Å². The lowest BCUT2D eigenvalue weighted by Crippen LogP contribution is -2.25. The highest BCUT2D eigenvalue weighted by Crippen LogP contribution is 2.09. The maximum atomic E-state index is 12.3. The molecule has 0 bridgehead atoms. The number of aryl methyl sites for hydroxylation is 3. The van der Waals surface area contributed by atoms with Crippen LogP contribution in [0.2, 0.25) is 0 Å².